The Hall–Kier alpha value is -0.120. The van der Waals surface area contributed by atoms with Crippen LogP contribution in [-0.4, -0.2) is 27.3 Å². The van der Waals surface area contributed by atoms with Crippen molar-refractivity contribution in [1.29, 1.82) is 0 Å². The molecule has 0 aliphatic carbocycles. The van der Waals surface area contributed by atoms with E-state index < -0.39 is 0 Å². The molecule has 0 aromatic heterocycles. The average molecular weight is 282 g/mol. The highest BCUT2D eigenvalue weighted by Gasteiger charge is 2.26. The third-order valence-corrected chi connectivity index (χ3v) is 6.51. The summed E-state index contributed by atoms with van der Waals surface area (Å²) in [6.45, 7) is 1.91. The van der Waals surface area contributed by atoms with Gasteiger partial charge in [-0.2, -0.15) is 0 Å². The molecule has 1 saturated heterocycles. The van der Waals surface area contributed by atoms with Gasteiger partial charge in [-0.15, -0.1) is 23.5 Å². The summed E-state index contributed by atoms with van der Waals surface area (Å²) in [5.41, 5.74) is 1.40. The van der Waals surface area contributed by atoms with Gasteiger partial charge in [0.1, 0.15) is 0 Å². The minimum atomic E-state index is -0.193. The molecule has 2 rings (SSSR count). The van der Waals surface area contributed by atoms with Crippen molar-refractivity contribution in [1.82, 2.24) is 0 Å². The molecule has 1 heterocycles. The highest BCUT2D eigenvalue weighted by atomic mass is 32.2. The van der Waals surface area contributed by atoms with Gasteiger partial charge in [0.15, 0.2) is 0 Å². The zero-order valence-corrected chi connectivity index (χ0v) is 12.6. The monoisotopic (exact) mass is 282 g/mol. The molecule has 100 valence electrons. The summed E-state index contributed by atoms with van der Waals surface area (Å²) in [5, 5.41) is 9.71. The van der Waals surface area contributed by atoms with Crippen molar-refractivity contribution in [3.63, 3.8) is 0 Å². The third-order valence-electron chi connectivity index (χ3n) is 3.22. The first-order valence-electron chi connectivity index (χ1n) is 6.71. The number of aliphatic hydroxyl groups is 1. The number of benzene rings is 1. The summed E-state index contributed by atoms with van der Waals surface area (Å²) in [5.74, 6) is 3.15. The molecule has 0 spiro atoms. The summed E-state index contributed by atoms with van der Waals surface area (Å²) in [6, 6.07) is 10.7. The predicted octanol–water partition coefficient (Wildman–Crippen LogP) is 3.81. The zero-order chi connectivity index (χ0) is 12.8. The molecular formula is C15H22OS2. The first-order chi connectivity index (χ1) is 8.75. The Morgan fingerprint density at radius 1 is 1.22 bits per heavy atom. The first kappa shape index (κ1) is 14.3. The summed E-state index contributed by atoms with van der Waals surface area (Å²) < 4.78 is 0.661. The Bertz CT molecular complexity index is 334. The zero-order valence-electron chi connectivity index (χ0n) is 10.9. The molecule has 1 nitrogen and oxygen atoms in total. The van der Waals surface area contributed by atoms with Gasteiger partial charge < -0.3 is 5.11 Å². The van der Waals surface area contributed by atoms with E-state index in [9.17, 15) is 5.11 Å². The van der Waals surface area contributed by atoms with Gasteiger partial charge in [0.25, 0.3) is 0 Å². The number of rotatable bonds is 5. The second-order valence-corrected chi connectivity index (χ2v) is 7.80. The van der Waals surface area contributed by atoms with E-state index in [0.29, 0.717) is 10.5 Å². The maximum Gasteiger partial charge on any atom is 0.0534 e. The second kappa shape index (κ2) is 7.46. The van der Waals surface area contributed by atoms with E-state index in [0.717, 1.165) is 12.8 Å². The summed E-state index contributed by atoms with van der Waals surface area (Å²) in [6.07, 6.45) is 3.15. The molecular weight excluding hydrogens is 260 g/mol. The van der Waals surface area contributed by atoms with Gasteiger partial charge in [0.2, 0.25) is 0 Å². The van der Waals surface area contributed by atoms with Crippen LogP contribution in [0.1, 0.15) is 25.3 Å². The van der Waals surface area contributed by atoms with Crippen molar-refractivity contribution in [3.8, 4) is 0 Å². The van der Waals surface area contributed by atoms with E-state index in [1.54, 1.807) is 0 Å². The average Bonchev–Trinajstić information content (AvgIpc) is 2.40. The lowest BCUT2D eigenvalue weighted by molar-refractivity contribution is 0.163. The van der Waals surface area contributed by atoms with Crippen LogP contribution < -0.4 is 0 Å². The number of aliphatic hydroxyl groups excluding tert-OH is 1. The molecule has 1 aliphatic rings. The SMILES string of the molecule is C[C@H](O)C[C@@H](Cc1ccccc1)C1SCCCS1. The lowest BCUT2D eigenvalue weighted by Gasteiger charge is -2.30. The van der Waals surface area contributed by atoms with Crippen LogP contribution in [0.15, 0.2) is 30.3 Å². The lowest BCUT2D eigenvalue weighted by Crippen LogP contribution is -2.24. The minimum Gasteiger partial charge on any atom is -0.393 e. The summed E-state index contributed by atoms with van der Waals surface area (Å²) in [4.78, 5) is 0. The normalized spacial score (nSPS) is 20.6. The molecule has 1 aromatic rings. The number of hydrogen-bond donors (Lipinski definition) is 1. The maximum absolute atomic E-state index is 9.71. The van der Waals surface area contributed by atoms with Gasteiger partial charge in [-0.1, -0.05) is 30.3 Å². The van der Waals surface area contributed by atoms with Crippen molar-refractivity contribution in [2.45, 2.75) is 36.9 Å². The van der Waals surface area contributed by atoms with Gasteiger partial charge in [-0.3, -0.25) is 0 Å². The Balaban J connectivity index is 1.99. The van der Waals surface area contributed by atoms with E-state index in [1.165, 1.54) is 23.5 Å². The Kier molecular flexibility index (Phi) is 5.93. The molecule has 0 saturated carbocycles. The molecule has 1 fully saturated rings. The van der Waals surface area contributed by atoms with Crippen LogP contribution in [0.25, 0.3) is 0 Å². The number of thioether (sulfide) groups is 2. The van der Waals surface area contributed by atoms with Crippen LogP contribution in [0.3, 0.4) is 0 Å². The molecule has 1 N–H and O–H groups in total. The smallest absolute Gasteiger partial charge is 0.0534 e. The molecule has 1 aromatic carbocycles. The van der Waals surface area contributed by atoms with Crippen molar-refractivity contribution >= 4 is 23.5 Å². The predicted molar refractivity (Wildman–Crippen MR) is 83.3 cm³/mol. The first-order valence-corrected chi connectivity index (χ1v) is 8.80. The van der Waals surface area contributed by atoms with Crippen molar-refractivity contribution in [2.24, 2.45) is 5.92 Å². The highest BCUT2D eigenvalue weighted by Crippen LogP contribution is 2.39. The van der Waals surface area contributed by atoms with E-state index in [1.807, 2.05) is 6.92 Å². The fourth-order valence-corrected chi connectivity index (χ4v) is 5.61. The Labute approximate surface area is 119 Å². The van der Waals surface area contributed by atoms with E-state index in [4.69, 9.17) is 0 Å². The van der Waals surface area contributed by atoms with Crippen LogP contribution in [-0.2, 0) is 6.42 Å². The van der Waals surface area contributed by atoms with Crippen molar-refractivity contribution in [2.75, 3.05) is 11.5 Å². The van der Waals surface area contributed by atoms with Gasteiger partial charge in [0, 0.05) is 0 Å². The summed E-state index contributed by atoms with van der Waals surface area (Å²) in [7, 11) is 0. The standard InChI is InChI=1S/C15H22OS2/c1-12(16)10-14(15-17-8-5-9-18-15)11-13-6-3-2-4-7-13/h2-4,6-7,12,14-16H,5,8-11H2,1H3/t12-,14-/m0/s1. The number of hydrogen-bond acceptors (Lipinski definition) is 3. The van der Waals surface area contributed by atoms with E-state index in [-0.39, 0.29) is 6.10 Å². The van der Waals surface area contributed by atoms with Gasteiger partial charge in [0.05, 0.1) is 10.7 Å². The second-order valence-electron chi connectivity index (χ2n) is 5.00. The fraction of sp³-hybridized carbons (Fsp3) is 0.600. The van der Waals surface area contributed by atoms with Crippen LogP contribution in [0.4, 0.5) is 0 Å². The Morgan fingerprint density at radius 3 is 2.50 bits per heavy atom. The largest absolute Gasteiger partial charge is 0.393 e. The highest BCUT2D eigenvalue weighted by molar-refractivity contribution is 8.17. The van der Waals surface area contributed by atoms with Crippen LogP contribution in [0, 0.1) is 5.92 Å². The van der Waals surface area contributed by atoms with Gasteiger partial charge >= 0.3 is 0 Å². The topological polar surface area (TPSA) is 20.2 Å². The molecule has 0 unspecified atom stereocenters. The van der Waals surface area contributed by atoms with Crippen LogP contribution in [0.2, 0.25) is 0 Å². The maximum atomic E-state index is 9.71. The van der Waals surface area contributed by atoms with Crippen molar-refractivity contribution < 1.29 is 5.11 Å². The van der Waals surface area contributed by atoms with Crippen LogP contribution in [0.5, 0.6) is 0 Å². The fourth-order valence-electron chi connectivity index (χ4n) is 2.42. The van der Waals surface area contributed by atoms with Crippen molar-refractivity contribution in [3.05, 3.63) is 35.9 Å². The molecule has 18 heavy (non-hydrogen) atoms. The lowest BCUT2D eigenvalue weighted by atomic mass is 9.95. The van der Waals surface area contributed by atoms with E-state index >= 15 is 0 Å². The van der Waals surface area contributed by atoms with Gasteiger partial charge in [-0.25, -0.2) is 0 Å². The third kappa shape index (κ3) is 4.52. The molecule has 0 radical (unpaired) electrons. The minimum absolute atomic E-state index is 0.193. The van der Waals surface area contributed by atoms with Gasteiger partial charge in [-0.05, 0) is 49.2 Å². The molecule has 3 heteroatoms. The molecule has 0 amide bonds. The molecule has 1 aliphatic heterocycles. The quantitative estimate of drug-likeness (QED) is 0.887. The molecule has 0 bridgehead atoms. The van der Waals surface area contributed by atoms with E-state index in [2.05, 4.69) is 53.9 Å². The Morgan fingerprint density at radius 2 is 1.89 bits per heavy atom. The molecule has 2 atom stereocenters. The van der Waals surface area contributed by atoms with Crippen LogP contribution >= 0.6 is 23.5 Å². The summed E-state index contributed by atoms with van der Waals surface area (Å²) >= 11 is 4.17.